The Labute approximate surface area is 101 Å². The molecule has 98 valence electrons. The van der Waals surface area contributed by atoms with E-state index < -0.39 is 11.2 Å². The number of hydrogen-bond donors (Lipinski definition) is 1. The Morgan fingerprint density at radius 2 is 1.82 bits per heavy atom. The molecule has 1 aliphatic heterocycles. The highest BCUT2D eigenvalue weighted by molar-refractivity contribution is 5.77. The third kappa shape index (κ3) is 2.32. The first-order valence-corrected chi connectivity index (χ1v) is 6.22. The minimum Gasteiger partial charge on any atom is -0.465 e. The van der Waals surface area contributed by atoms with Crippen LogP contribution in [0.1, 0.15) is 32.6 Å². The van der Waals surface area contributed by atoms with E-state index in [1.165, 1.54) is 0 Å². The smallest absolute Gasteiger partial charge is 0.314 e. The monoisotopic (exact) mass is 244 g/mol. The van der Waals surface area contributed by atoms with Crippen molar-refractivity contribution < 1.29 is 24.1 Å². The molecule has 2 aliphatic rings. The molecule has 2 rings (SSSR count). The standard InChI is InChI=1S/C12H20O5/c1-2-15-10(14)11(9-13)3-5-12(6-4-11)16-7-8-17-12/h13H,2-9H2,1H3. The van der Waals surface area contributed by atoms with Crippen molar-refractivity contribution in [2.45, 2.75) is 38.4 Å². The third-order valence-corrected chi connectivity index (χ3v) is 3.79. The van der Waals surface area contributed by atoms with Crippen LogP contribution in [0.25, 0.3) is 0 Å². The van der Waals surface area contributed by atoms with Crippen molar-refractivity contribution in [1.82, 2.24) is 0 Å². The van der Waals surface area contributed by atoms with Gasteiger partial charge in [-0.1, -0.05) is 0 Å². The van der Waals surface area contributed by atoms with Crippen molar-refractivity contribution >= 4 is 5.97 Å². The molecular weight excluding hydrogens is 224 g/mol. The zero-order valence-electron chi connectivity index (χ0n) is 10.2. The van der Waals surface area contributed by atoms with Crippen LogP contribution in [0.2, 0.25) is 0 Å². The summed E-state index contributed by atoms with van der Waals surface area (Å²) in [6.45, 7) is 3.19. The van der Waals surface area contributed by atoms with E-state index in [4.69, 9.17) is 14.2 Å². The largest absolute Gasteiger partial charge is 0.465 e. The van der Waals surface area contributed by atoms with Crippen LogP contribution in [0, 0.1) is 5.41 Å². The lowest BCUT2D eigenvalue weighted by atomic mass is 9.72. The minimum absolute atomic E-state index is 0.165. The number of ether oxygens (including phenoxy) is 3. The fourth-order valence-electron chi connectivity index (χ4n) is 2.61. The zero-order valence-corrected chi connectivity index (χ0v) is 10.2. The second kappa shape index (κ2) is 4.92. The van der Waals surface area contributed by atoms with Crippen LogP contribution in [0.4, 0.5) is 0 Å². The van der Waals surface area contributed by atoms with Gasteiger partial charge in [0.25, 0.3) is 0 Å². The maximum absolute atomic E-state index is 11.9. The highest BCUT2D eigenvalue weighted by atomic mass is 16.7. The minimum atomic E-state index is -0.753. The number of carbonyl (C=O) groups excluding carboxylic acids is 1. The van der Waals surface area contributed by atoms with Crippen LogP contribution in [0.5, 0.6) is 0 Å². The molecule has 2 fully saturated rings. The second-order valence-corrected chi connectivity index (χ2v) is 4.77. The summed E-state index contributed by atoms with van der Waals surface area (Å²) in [5, 5.41) is 9.49. The fraction of sp³-hybridized carbons (Fsp3) is 0.917. The van der Waals surface area contributed by atoms with E-state index in [-0.39, 0.29) is 12.6 Å². The van der Waals surface area contributed by atoms with Gasteiger partial charge in [-0.25, -0.2) is 0 Å². The summed E-state index contributed by atoms with van der Waals surface area (Å²) in [7, 11) is 0. The molecule has 1 aliphatic carbocycles. The zero-order chi connectivity index (χ0) is 12.4. The number of rotatable bonds is 3. The Balaban J connectivity index is 2.01. The van der Waals surface area contributed by atoms with E-state index in [1.807, 2.05) is 0 Å². The molecule has 1 N–H and O–H groups in total. The molecule has 1 heterocycles. The highest BCUT2D eigenvalue weighted by Gasteiger charge is 2.50. The molecule has 0 unspecified atom stereocenters. The Bertz CT molecular complexity index is 273. The SMILES string of the molecule is CCOC(=O)C1(CO)CCC2(CC1)OCCO2. The molecule has 0 atom stereocenters. The van der Waals surface area contributed by atoms with Crippen LogP contribution in [-0.2, 0) is 19.0 Å². The van der Waals surface area contributed by atoms with Crippen molar-refractivity contribution in [2.75, 3.05) is 26.4 Å². The molecule has 0 aromatic heterocycles. The topological polar surface area (TPSA) is 65.0 Å². The molecule has 0 aromatic rings. The Hall–Kier alpha value is -0.650. The summed E-state index contributed by atoms with van der Waals surface area (Å²) >= 11 is 0. The number of aliphatic hydroxyl groups is 1. The summed E-state index contributed by atoms with van der Waals surface area (Å²) in [6, 6.07) is 0. The van der Waals surface area contributed by atoms with Crippen molar-refractivity contribution in [3.05, 3.63) is 0 Å². The van der Waals surface area contributed by atoms with E-state index >= 15 is 0 Å². The molecule has 5 nitrogen and oxygen atoms in total. The Kier molecular flexibility index (Phi) is 3.70. The molecule has 1 saturated heterocycles. The lowest BCUT2D eigenvalue weighted by Gasteiger charge is -2.40. The molecular formula is C12H20O5. The normalized spacial score (nSPS) is 26.0. The van der Waals surface area contributed by atoms with Gasteiger partial charge in [0.15, 0.2) is 5.79 Å². The van der Waals surface area contributed by atoms with Crippen LogP contribution >= 0.6 is 0 Å². The van der Waals surface area contributed by atoms with Gasteiger partial charge < -0.3 is 19.3 Å². The summed E-state index contributed by atoms with van der Waals surface area (Å²) in [5.41, 5.74) is -0.753. The van der Waals surface area contributed by atoms with Crippen molar-refractivity contribution in [3.8, 4) is 0 Å². The van der Waals surface area contributed by atoms with Gasteiger partial charge in [-0.2, -0.15) is 0 Å². The van der Waals surface area contributed by atoms with E-state index in [0.717, 1.165) is 0 Å². The van der Waals surface area contributed by atoms with Gasteiger partial charge in [0.05, 0.1) is 31.8 Å². The van der Waals surface area contributed by atoms with Gasteiger partial charge in [0.2, 0.25) is 0 Å². The summed E-state index contributed by atoms with van der Waals surface area (Å²) < 4.78 is 16.3. The number of aliphatic hydroxyl groups excluding tert-OH is 1. The van der Waals surface area contributed by atoms with Gasteiger partial charge in [-0.15, -0.1) is 0 Å². The molecule has 0 aromatic carbocycles. The van der Waals surface area contributed by atoms with Crippen molar-refractivity contribution in [1.29, 1.82) is 0 Å². The molecule has 0 bridgehead atoms. The van der Waals surface area contributed by atoms with Gasteiger partial charge in [0, 0.05) is 12.8 Å². The maximum atomic E-state index is 11.9. The molecule has 17 heavy (non-hydrogen) atoms. The quantitative estimate of drug-likeness (QED) is 0.745. The van der Waals surface area contributed by atoms with Crippen LogP contribution in [0.3, 0.4) is 0 Å². The lowest BCUT2D eigenvalue weighted by molar-refractivity contribution is -0.202. The number of esters is 1. The first-order valence-electron chi connectivity index (χ1n) is 6.22. The van der Waals surface area contributed by atoms with Crippen molar-refractivity contribution in [3.63, 3.8) is 0 Å². The van der Waals surface area contributed by atoms with E-state index in [9.17, 15) is 9.90 Å². The van der Waals surface area contributed by atoms with Gasteiger partial charge >= 0.3 is 5.97 Å². The molecule has 0 radical (unpaired) electrons. The Morgan fingerprint density at radius 1 is 1.24 bits per heavy atom. The van der Waals surface area contributed by atoms with E-state index in [2.05, 4.69) is 0 Å². The fourth-order valence-corrected chi connectivity index (χ4v) is 2.61. The molecule has 1 saturated carbocycles. The van der Waals surface area contributed by atoms with Crippen molar-refractivity contribution in [2.24, 2.45) is 5.41 Å². The number of hydrogen-bond acceptors (Lipinski definition) is 5. The average molecular weight is 244 g/mol. The first kappa shape index (κ1) is 12.8. The van der Waals surface area contributed by atoms with Crippen LogP contribution in [-0.4, -0.2) is 43.3 Å². The molecule has 1 spiro atoms. The second-order valence-electron chi connectivity index (χ2n) is 4.77. The lowest BCUT2D eigenvalue weighted by Crippen LogP contribution is -2.46. The van der Waals surface area contributed by atoms with E-state index in [0.29, 0.717) is 45.5 Å². The Morgan fingerprint density at radius 3 is 2.29 bits per heavy atom. The first-order chi connectivity index (χ1) is 8.16. The highest BCUT2D eigenvalue weighted by Crippen LogP contribution is 2.45. The maximum Gasteiger partial charge on any atom is 0.314 e. The summed E-state index contributed by atoms with van der Waals surface area (Å²) in [4.78, 5) is 11.9. The van der Waals surface area contributed by atoms with Gasteiger partial charge in [-0.05, 0) is 19.8 Å². The third-order valence-electron chi connectivity index (χ3n) is 3.79. The number of carbonyl (C=O) groups is 1. The predicted molar refractivity (Wildman–Crippen MR) is 59.3 cm³/mol. The van der Waals surface area contributed by atoms with Gasteiger partial charge in [-0.3, -0.25) is 4.79 Å². The molecule has 0 amide bonds. The molecule has 5 heteroatoms. The predicted octanol–water partition coefficient (Wildman–Crippen LogP) is 0.845. The summed E-state index contributed by atoms with van der Waals surface area (Å²) in [5.74, 6) is -0.805. The van der Waals surface area contributed by atoms with E-state index in [1.54, 1.807) is 6.92 Å². The summed E-state index contributed by atoms with van der Waals surface area (Å²) in [6.07, 6.45) is 2.41. The van der Waals surface area contributed by atoms with Crippen LogP contribution < -0.4 is 0 Å². The average Bonchev–Trinajstić information content (AvgIpc) is 2.80. The van der Waals surface area contributed by atoms with Gasteiger partial charge in [0.1, 0.15) is 0 Å². The van der Waals surface area contributed by atoms with Crippen LogP contribution in [0.15, 0.2) is 0 Å².